The molecule has 0 aromatic heterocycles. The standard InChI is InChI=1S/C61H89N7O6/c1-5-40(2)58(71)64-57(43-20-10-7-11-21-43)61(74)68-33-17-31-54(68)59(72)63-50-27-13-26-48-46(50)24-15-29-52(48)66-36-34-65(35-37-66)51-28-14-23-45-44(22-12-25-47(45)51)38-56(70)53-30-16-32-67(53)60(73)49(39-55(69)41(3)62-4)42-18-8-6-9-19-42/h14-15,23-24,28-29,40-44,49-50,53-54,57,62H,5-13,16-22,25-27,30-39H2,1-4H3,(H,63,72)(H,64,71)/t40-,41+,44+,49+,50-,53+,54?,57+/m1/s1. The van der Waals surface area contributed by atoms with Gasteiger partial charge in [-0.2, -0.15) is 0 Å². The number of piperazine rings is 1. The van der Waals surface area contributed by atoms with Crippen molar-refractivity contribution in [1.82, 2.24) is 25.8 Å². The van der Waals surface area contributed by atoms with Crippen molar-refractivity contribution in [2.24, 2.45) is 23.7 Å². The Morgan fingerprint density at radius 3 is 1.80 bits per heavy atom. The van der Waals surface area contributed by atoms with Crippen molar-refractivity contribution < 1.29 is 28.8 Å². The van der Waals surface area contributed by atoms with Crippen LogP contribution in [-0.2, 0) is 41.6 Å². The minimum absolute atomic E-state index is 0.0297. The molecule has 9 rings (SSSR count). The minimum atomic E-state index is -0.585. The highest BCUT2D eigenvalue weighted by atomic mass is 16.2. The fourth-order valence-corrected chi connectivity index (χ4v) is 14.5. The Bertz CT molecular complexity index is 2160. The maximum Gasteiger partial charge on any atom is 0.246 e. The molecule has 3 aliphatic heterocycles. The number of rotatable bonds is 18. The van der Waals surface area contributed by atoms with Gasteiger partial charge in [0.05, 0.1) is 18.1 Å². The summed E-state index contributed by atoms with van der Waals surface area (Å²) in [5, 5.41) is 9.69. The van der Waals surface area contributed by atoms with Gasteiger partial charge in [0.2, 0.25) is 23.6 Å². The van der Waals surface area contributed by atoms with Crippen molar-refractivity contribution in [2.75, 3.05) is 56.1 Å². The van der Waals surface area contributed by atoms with Crippen LogP contribution in [0.25, 0.3) is 0 Å². The Morgan fingerprint density at radius 1 is 0.608 bits per heavy atom. The molecule has 4 aliphatic carbocycles. The highest BCUT2D eigenvalue weighted by Crippen LogP contribution is 2.42. The van der Waals surface area contributed by atoms with Crippen LogP contribution in [0.5, 0.6) is 0 Å². The Morgan fingerprint density at radius 2 is 1.18 bits per heavy atom. The minimum Gasteiger partial charge on any atom is -0.368 e. The van der Waals surface area contributed by atoms with Crippen LogP contribution < -0.4 is 25.8 Å². The number of likely N-dealkylation sites (tertiary alicyclic amines) is 2. The van der Waals surface area contributed by atoms with Gasteiger partial charge in [-0.1, -0.05) is 76.6 Å². The number of amides is 4. The number of likely N-dealkylation sites (N-methyl/N-ethyl adjacent to an activating group) is 1. The molecule has 8 atom stereocenters. The number of ketones is 2. The monoisotopic (exact) mass is 1020 g/mol. The molecule has 13 nitrogen and oxygen atoms in total. The SMILES string of the molecule is CC[C@@H](C)C(=O)N[C@H](C(=O)N1CCCC1C(=O)N[C@@H]1CCCc2c1cccc2N1CCN(c2cccc3c2CCC[C@H]3CC(=O)[C@@H]2CCCN2C(=O)[C@@H](CC(=O)[C@H](C)NC)C2CCCCC2)CC1)C1CCCCC1. The second-order valence-corrected chi connectivity index (χ2v) is 23.6. The van der Waals surface area contributed by atoms with Crippen LogP contribution in [0, 0.1) is 23.7 Å². The number of nitrogens with one attached hydrogen (secondary N) is 3. The first-order chi connectivity index (χ1) is 35.9. The van der Waals surface area contributed by atoms with Crippen molar-refractivity contribution in [3.63, 3.8) is 0 Å². The van der Waals surface area contributed by atoms with Crippen molar-refractivity contribution >= 4 is 46.6 Å². The van der Waals surface area contributed by atoms with Gasteiger partial charge in [0.25, 0.3) is 0 Å². The normalized spacial score (nSPS) is 25.4. The van der Waals surface area contributed by atoms with E-state index < -0.39 is 18.1 Å². The average molecular weight is 1020 g/mol. The smallest absolute Gasteiger partial charge is 0.246 e. The zero-order chi connectivity index (χ0) is 51.9. The number of carbonyl (C=O) groups excluding carboxylic acids is 6. The van der Waals surface area contributed by atoms with E-state index in [1.54, 1.807) is 11.9 Å². The molecule has 0 spiro atoms. The van der Waals surface area contributed by atoms with Crippen LogP contribution >= 0.6 is 0 Å². The predicted molar refractivity (Wildman–Crippen MR) is 292 cm³/mol. The second-order valence-electron chi connectivity index (χ2n) is 23.6. The fourth-order valence-electron chi connectivity index (χ4n) is 14.5. The molecule has 0 radical (unpaired) electrons. The summed E-state index contributed by atoms with van der Waals surface area (Å²) in [6, 6.07) is 11.3. The highest BCUT2D eigenvalue weighted by molar-refractivity contribution is 5.95. The first-order valence-corrected chi connectivity index (χ1v) is 29.6. The van der Waals surface area contributed by atoms with Crippen molar-refractivity contribution in [3.8, 4) is 0 Å². The third kappa shape index (κ3) is 11.9. The number of anilines is 2. The number of fused-ring (bicyclic) bond motifs is 2. The van der Waals surface area contributed by atoms with Crippen LogP contribution in [0.3, 0.4) is 0 Å². The van der Waals surface area contributed by atoms with Gasteiger partial charge in [-0.3, -0.25) is 28.8 Å². The molecule has 3 heterocycles. The van der Waals surface area contributed by atoms with E-state index in [1.165, 1.54) is 40.0 Å². The number of Topliss-reactive ketones (excluding diaryl/α,β-unsaturated/α-hetero) is 2. The lowest BCUT2D eigenvalue weighted by Crippen LogP contribution is -2.57. The van der Waals surface area contributed by atoms with E-state index in [9.17, 15) is 28.8 Å². The Balaban J connectivity index is 0.830. The summed E-state index contributed by atoms with van der Waals surface area (Å²) < 4.78 is 0. The molecule has 2 aromatic rings. The molecule has 1 unspecified atom stereocenters. The van der Waals surface area contributed by atoms with Crippen LogP contribution in [0.15, 0.2) is 36.4 Å². The molecule has 2 aromatic carbocycles. The molecule has 3 saturated heterocycles. The molecule has 13 heteroatoms. The summed E-state index contributed by atoms with van der Waals surface area (Å²) in [6.45, 7) is 10.4. The van der Waals surface area contributed by atoms with E-state index in [-0.39, 0.29) is 83.3 Å². The Kier molecular flexibility index (Phi) is 18.2. The van der Waals surface area contributed by atoms with Gasteiger partial charge in [0, 0.05) is 75.3 Å². The van der Waals surface area contributed by atoms with Gasteiger partial charge in [-0.15, -0.1) is 0 Å². The summed E-state index contributed by atoms with van der Waals surface area (Å²) in [6.07, 6.45) is 20.6. The molecular weight excluding hydrogens is 927 g/mol. The van der Waals surface area contributed by atoms with Crippen LogP contribution in [0.2, 0.25) is 0 Å². The van der Waals surface area contributed by atoms with Gasteiger partial charge < -0.3 is 35.6 Å². The molecule has 4 amide bonds. The summed E-state index contributed by atoms with van der Waals surface area (Å²) in [7, 11) is 1.79. The Labute approximate surface area is 442 Å². The molecule has 0 bridgehead atoms. The van der Waals surface area contributed by atoms with Crippen molar-refractivity contribution in [3.05, 3.63) is 58.7 Å². The summed E-state index contributed by atoms with van der Waals surface area (Å²) in [4.78, 5) is 92.9. The molecule has 5 fully saturated rings. The molecule has 2 saturated carbocycles. The van der Waals surface area contributed by atoms with E-state index in [2.05, 4.69) is 62.1 Å². The lowest BCUT2D eigenvalue weighted by Gasteiger charge is -2.41. The quantitative estimate of drug-likeness (QED) is 0.133. The lowest BCUT2D eigenvalue weighted by atomic mass is 9.76. The number of carbonyl (C=O) groups is 6. The molecular formula is C61H89N7O6. The maximum atomic E-state index is 14.5. The highest BCUT2D eigenvalue weighted by Gasteiger charge is 2.44. The van der Waals surface area contributed by atoms with Gasteiger partial charge in [-0.25, -0.2) is 0 Å². The second kappa shape index (κ2) is 24.9. The number of hydrogen-bond donors (Lipinski definition) is 3. The van der Waals surface area contributed by atoms with Crippen LogP contribution in [0.4, 0.5) is 11.4 Å². The van der Waals surface area contributed by atoms with E-state index in [4.69, 9.17) is 0 Å². The fraction of sp³-hybridized carbons (Fsp3) is 0.705. The zero-order valence-corrected chi connectivity index (χ0v) is 45.5. The molecule has 404 valence electrons. The number of benzene rings is 2. The van der Waals surface area contributed by atoms with Gasteiger partial charge in [0.1, 0.15) is 17.9 Å². The van der Waals surface area contributed by atoms with E-state index in [0.29, 0.717) is 38.8 Å². The third-order valence-corrected chi connectivity index (χ3v) is 19.2. The first kappa shape index (κ1) is 54.0. The average Bonchev–Trinajstić information content (AvgIpc) is 4.15. The largest absolute Gasteiger partial charge is 0.368 e. The van der Waals surface area contributed by atoms with E-state index in [0.717, 1.165) is 135 Å². The zero-order valence-electron chi connectivity index (χ0n) is 45.5. The Hall–Kier alpha value is -4.78. The molecule has 7 aliphatic rings. The topological polar surface area (TPSA) is 151 Å². The van der Waals surface area contributed by atoms with Gasteiger partial charge in [-0.05, 0) is 162 Å². The van der Waals surface area contributed by atoms with Crippen molar-refractivity contribution in [2.45, 2.75) is 205 Å². The first-order valence-electron chi connectivity index (χ1n) is 29.6. The summed E-state index contributed by atoms with van der Waals surface area (Å²) in [5.41, 5.74) is 7.70. The van der Waals surface area contributed by atoms with Gasteiger partial charge >= 0.3 is 0 Å². The van der Waals surface area contributed by atoms with Crippen LogP contribution in [0.1, 0.15) is 190 Å². The predicted octanol–water partition coefficient (Wildman–Crippen LogP) is 8.74. The summed E-state index contributed by atoms with van der Waals surface area (Å²) >= 11 is 0. The third-order valence-electron chi connectivity index (χ3n) is 19.2. The molecule has 74 heavy (non-hydrogen) atoms. The number of hydrogen-bond acceptors (Lipinski definition) is 9. The van der Waals surface area contributed by atoms with Crippen LogP contribution in [-0.4, -0.2) is 115 Å². The maximum absolute atomic E-state index is 14.5. The van der Waals surface area contributed by atoms with Gasteiger partial charge in [0.15, 0.2) is 5.78 Å². The van der Waals surface area contributed by atoms with E-state index >= 15 is 0 Å². The number of nitrogens with zero attached hydrogens (tertiary/aromatic N) is 4. The van der Waals surface area contributed by atoms with Crippen molar-refractivity contribution in [1.29, 1.82) is 0 Å². The van der Waals surface area contributed by atoms with E-state index in [1.807, 2.05) is 25.7 Å². The molecule has 3 N–H and O–H groups in total. The lowest BCUT2D eigenvalue weighted by molar-refractivity contribution is -0.144. The summed E-state index contributed by atoms with van der Waals surface area (Å²) in [5.74, 6) is -0.0514.